The molecule has 1 heterocycles. The van der Waals surface area contributed by atoms with Crippen LogP contribution in [0.15, 0.2) is 17.0 Å². The Morgan fingerprint density at radius 1 is 1.44 bits per heavy atom. The second-order valence-electron chi connectivity index (χ2n) is 4.48. The number of carbonyl (C=O) groups excluding carboxylic acids is 1. The van der Waals surface area contributed by atoms with Crippen LogP contribution in [-0.2, 0) is 0 Å². The maximum Gasteiger partial charge on any atom is 0.170 e. The molecule has 0 aromatic heterocycles. The molecule has 16 heavy (non-hydrogen) atoms. The van der Waals surface area contributed by atoms with Gasteiger partial charge >= 0.3 is 0 Å². The minimum absolute atomic E-state index is 0.0224. The molecule has 86 valence electrons. The van der Waals surface area contributed by atoms with Gasteiger partial charge in [0.05, 0.1) is 16.9 Å². The molecule has 0 amide bonds. The van der Waals surface area contributed by atoms with E-state index >= 15 is 0 Å². The summed E-state index contributed by atoms with van der Waals surface area (Å²) in [7, 11) is 0. The minimum Gasteiger partial charge on any atom is -0.507 e. The summed E-state index contributed by atoms with van der Waals surface area (Å²) in [6.07, 6.45) is 2.22. The predicted octanol–water partition coefficient (Wildman–Crippen LogP) is 2.86. The topological polar surface area (TPSA) is 46.5 Å². The first-order valence-corrected chi connectivity index (χ1v) is 6.28. The maximum absolute atomic E-state index is 11.9. The molecule has 4 heteroatoms. The molecule has 0 saturated carbocycles. The highest BCUT2D eigenvalue weighted by Crippen LogP contribution is 2.39. The first kappa shape index (κ1) is 11.3. The molecule has 2 rings (SSSR count). The van der Waals surface area contributed by atoms with Crippen LogP contribution in [0.1, 0.15) is 30.6 Å². The summed E-state index contributed by atoms with van der Waals surface area (Å²) in [5, 5.41) is 9.69. The van der Waals surface area contributed by atoms with E-state index in [9.17, 15) is 9.90 Å². The molecule has 1 aliphatic rings. The summed E-state index contributed by atoms with van der Waals surface area (Å²) in [5.74, 6) is 0.737. The van der Waals surface area contributed by atoms with Gasteiger partial charge in [-0.05, 0) is 32.2 Å². The predicted molar refractivity (Wildman–Crippen MR) is 63.5 cm³/mol. The van der Waals surface area contributed by atoms with E-state index in [1.807, 2.05) is 20.1 Å². The van der Waals surface area contributed by atoms with Crippen molar-refractivity contribution >= 4 is 17.5 Å². The SMILES string of the molecule is CSc1cc2c(cc1O)C(=O)CC(C)(C)O2. The average Bonchev–Trinajstić information content (AvgIpc) is 2.17. The molecule has 3 nitrogen and oxygen atoms in total. The van der Waals surface area contributed by atoms with Crippen LogP contribution in [0.2, 0.25) is 0 Å². The lowest BCUT2D eigenvalue weighted by Crippen LogP contribution is -2.35. The lowest BCUT2D eigenvalue weighted by atomic mass is 9.93. The molecule has 0 spiro atoms. The summed E-state index contributed by atoms with van der Waals surface area (Å²) >= 11 is 1.43. The Kier molecular flexibility index (Phi) is 2.62. The zero-order chi connectivity index (χ0) is 11.9. The van der Waals surface area contributed by atoms with Gasteiger partial charge in [0, 0.05) is 0 Å². The molecule has 0 aliphatic carbocycles. The van der Waals surface area contributed by atoms with Crippen molar-refractivity contribution < 1.29 is 14.6 Å². The molecule has 1 aromatic rings. The van der Waals surface area contributed by atoms with Crippen LogP contribution < -0.4 is 4.74 Å². The summed E-state index contributed by atoms with van der Waals surface area (Å²) in [6, 6.07) is 3.23. The van der Waals surface area contributed by atoms with Crippen molar-refractivity contribution in [1.29, 1.82) is 0 Å². The zero-order valence-corrected chi connectivity index (χ0v) is 10.4. The van der Waals surface area contributed by atoms with Gasteiger partial charge in [0.1, 0.15) is 17.1 Å². The Morgan fingerprint density at radius 2 is 2.12 bits per heavy atom. The highest BCUT2D eigenvalue weighted by atomic mass is 32.2. The number of ether oxygens (including phenoxy) is 1. The Bertz CT molecular complexity index is 452. The number of benzene rings is 1. The minimum atomic E-state index is -0.462. The van der Waals surface area contributed by atoms with Gasteiger partial charge in [0.25, 0.3) is 0 Å². The smallest absolute Gasteiger partial charge is 0.170 e. The highest BCUT2D eigenvalue weighted by molar-refractivity contribution is 7.98. The molecule has 0 bridgehead atoms. The van der Waals surface area contributed by atoms with Crippen molar-refractivity contribution in [3.05, 3.63) is 17.7 Å². The lowest BCUT2D eigenvalue weighted by molar-refractivity contribution is 0.0617. The average molecular weight is 238 g/mol. The lowest BCUT2D eigenvalue weighted by Gasteiger charge is -2.31. The van der Waals surface area contributed by atoms with Gasteiger partial charge in [-0.15, -0.1) is 11.8 Å². The number of fused-ring (bicyclic) bond motifs is 1. The highest BCUT2D eigenvalue weighted by Gasteiger charge is 2.33. The van der Waals surface area contributed by atoms with Gasteiger partial charge in [-0.3, -0.25) is 4.79 Å². The fraction of sp³-hybridized carbons (Fsp3) is 0.417. The molecule has 1 aromatic carbocycles. The molecule has 1 aliphatic heterocycles. The van der Waals surface area contributed by atoms with Gasteiger partial charge in [-0.2, -0.15) is 0 Å². The fourth-order valence-corrected chi connectivity index (χ4v) is 2.32. The van der Waals surface area contributed by atoms with Crippen LogP contribution >= 0.6 is 11.8 Å². The van der Waals surface area contributed by atoms with E-state index in [4.69, 9.17) is 4.74 Å². The van der Waals surface area contributed by atoms with E-state index in [1.165, 1.54) is 17.8 Å². The van der Waals surface area contributed by atoms with E-state index in [0.717, 1.165) is 4.90 Å². The standard InChI is InChI=1S/C12H14O3S/c1-12(2)6-9(14)7-4-8(13)11(16-3)5-10(7)15-12/h4-5,13H,6H2,1-3H3. The Labute approximate surface area is 98.8 Å². The number of rotatable bonds is 1. The number of Topliss-reactive ketones (excluding diaryl/α,β-unsaturated/α-hetero) is 1. The van der Waals surface area contributed by atoms with E-state index in [0.29, 0.717) is 17.7 Å². The first-order chi connectivity index (χ1) is 7.43. The normalized spacial score (nSPS) is 17.8. The van der Waals surface area contributed by atoms with Crippen molar-refractivity contribution in [3.8, 4) is 11.5 Å². The number of phenols is 1. The van der Waals surface area contributed by atoms with E-state index in [1.54, 1.807) is 6.07 Å². The summed E-state index contributed by atoms with van der Waals surface area (Å²) in [6.45, 7) is 3.78. The van der Waals surface area contributed by atoms with Crippen LogP contribution in [0.4, 0.5) is 0 Å². The van der Waals surface area contributed by atoms with Crippen LogP contribution in [0.3, 0.4) is 0 Å². The second kappa shape index (κ2) is 3.70. The number of ketones is 1. The zero-order valence-electron chi connectivity index (χ0n) is 9.53. The monoisotopic (exact) mass is 238 g/mol. The van der Waals surface area contributed by atoms with E-state index in [-0.39, 0.29) is 11.5 Å². The summed E-state index contributed by atoms with van der Waals surface area (Å²) in [5.41, 5.74) is 0.0196. The largest absolute Gasteiger partial charge is 0.507 e. The number of hydrogen-bond acceptors (Lipinski definition) is 4. The molecular formula is C12H14O3S. The quantitative estimate of drug-likeness (QED) is 0.764. The molecule has 0 radical (unpaired) electrons. The van der Waals surface area contributed by atoms with Crippen molar-refractivity contribution in [2.24, 2.45) is 0 Å². The Hall–Kier alpha value is -1.16. The van der Waals surface area contributed by atoms with Gasteiger partial charge in [-0.1, -0.05) is 0 Å². The third kappa shape index (κ3) is 1.89. The second-order valence-corrected chi connectivity index (χ2v) is 5.33. The maximum atomic E-state index is 11.9. The van der Waals surface area contributed by atoms with Crippen LogP contribution in [0.25, 0.3) is 0 Å². The fourth-order valence-electron chi connectivity index (χ4n) is 1.83. The molecular weight excluding hydrogens is 224 g/mol. The van der Waals surface area contributed by atoms with Crippen molar-refractivity contribution in [2.75, 3.05) is 6.26 Å². The van der Waals surface area contributed by atoms with Gasteiger partial charge in [0.15, 0.2) is 5.78 Å². The number of hydrogen-bond donors (Lipinski definition) is 1. The number of phenolic OH excluding ortho intramolecular Hbond substituents is 1. The van der Waals surface area contributed by atoms with Crippen molar-refractivity contribution in [3.63, 3.8) is 0 Å². The van der Waals surface area contributed by atoms with Crippen LogP contribution in [-0.4, -0.2) is 22.7 Å². The summed E-state index contributed by atoms with van der Waals surface area (Å²) in [4.78, 5) is 12.6. The van der Waals surface area contributed by atoms with Crippen molar-refractivity contribution in [2.45, 2.75) is 30.8 Å². The van der Waals surface area contributed by atoms with E-state index < -0.39 is 5.60 Å². The molecule has 1 N–H and O–H groups in total. The molecule has 0 unspecified atom stereocenters. The van der Waals surface area contributed by atoms with Gasteiger partial charge in [0.2, 0.25) is 0 Å². The number of aromatic hydroxyl groups is 1. The Balaban J connectivity index is 2.54. The van der Waals surface area contributed by atoms with Crippen LogP contribution in [0, 0.1) is 0 Å². The van der Waals surface area contributed by atoms with E-state index in [2.05, 4.69) is 0 Å². The third-order valence-electron chi connectivity index (χ3n) is 2.55. The Morgan fingerprint density at radius 3 is 2.75 bits per heavy atom. The van der Waals surface area contributed by atoms with Gasteiger partial charge < -0.3 is 9.84 Å². The first-order valence-electron chi connectivity index (χ1n) is 5.06. The molecule has 0 fully saturated rings. The molecule has 0 saturated heterocycles. The number of thioether (sulfide) groups is 1. The van der Waals surface area contributed by atoms with Crippen LogP contribution in [0.5, 0.6) is 11.5 Å². The van der Waals surface area contributed by atoms with Gasteiger partial charge in [-0.25, -0.2) is 0 Å². The molecule has 0 atom stereocenters. The number of carbonyl (C=O) groups is 1. The van der Waals surface area contributed by atoms with Crippen molar-refractivity contribution in [1.82, 2.24) is 0 Å². The third-order valence-corrected chi connectivity index (χ3v) is 3.32. The summed E-state index contributed by atoms with van der Waals surface area (Å²) < 4.78 is 5.74.